The first-order chi connectivity index (χ1) is 9.22. The van der Waals surface area contributed by atoms with Crippen LogP contribution in [-0.2, 0) is 18.9 Å². The molecule has 0 radical (unpaired) electrons. The summed E-state index contributed by atoms with van der Waals surface area (Å²) in [5.41, 5.74) is 0. The maximum absolute atomic E-state index is 4.94. The SMILES string of the molecule is C=COCC(C)OC=C.C=COCCCCOC=C. The Morgan fingerprint density at radius 3 is 1.63 bits per heavy atom. The zero-order valence-electron chi connectivity index (χ0n) is 11.9. The summed E-state index contributed by atoms with van der Waals surface area (Å²) in [6, 6.07) is 0. The lowest BCUT2D eigenvalue weighted by molar-refractivity contribution is 0.0823. The van der Waals surface area contributed by atoms with Crippen molar-refractivity contribution in [2.45, 2.75) is 25.9 Å². The molecule has 4 nitrogen and oxygen atoms in total. The number of hydrogen-bond acceptors (Lipinski definition) is 4. The summed E-state index contributed by atoms with van der Waals surface area (Å²) in [5.74, 6) is 0. The molecule has 19 heavy (non-hydrogen) atoms. The van der Waals surface area contributed by atoms with Gasteiger partial charge in [0.15, 0.2) is 0 Å². The molecule has 0 spiro atoms. The molecule has 0 aliphatic rings. The summed E-state index contributed by atoms with van der Waals surface area (Å²) in [6.07, 6.45) is 7.75. The molecule has 0 fully saturated rings. The van der Waals surface area contributed by atoms with Crippen LogP contribution in [0.2, 0.25) is 0 Å². The van der Waals surface area contributed by atoms with E-state index < -0.39 is 0 Å². The van der Waals surface area contributed by atoms with Gasteiger partial charge in [-0.05, 0) is 19.8 Å². The summed E-state index contributed by atoms with van der Waals surface area (Å²) in [6.45, 7) is 17.5. The van der Waals surface area contributed by atoms with Gasteiger partial charge in [-0.3, -0.25) is 0 Å². The van der Waals surface area contributed by atoms with Crippen LogP contribution in [0.4, 0.5) is 0 Å². The van der Waals surface area contributed by atoms with Crippen LogP contribution in [0.25, 0.3) is 0 Å². The summed E-state index contributed by atoms with van der Waals surface area (Å²) in [7, 11) is 0. The second-order valence-electron chi connectivity index (χ2n) is 3.40. The average molecular weight is 270 g/mol. The monoisotopic (exact) mass is 270 g/mol. The van der Waals surface area contributed by atoms with Crippen LogP contribution in [0, 0.1) is 0 Å². The molecule has 0 rings (SSSR count). The van der Waals surface area contributed by atoms with Gasteiger partial charge in [-0.25, -0.2) is 0 Å². The summed E-state index contributed by atoms with van der Waals surface area (Å²) in [5, 5.41) is 0. The van der Waals surface area contributed by atoms with Crippen molar-refractivity contribution in [1.29, 1.82) is 0 Å². The molecular weight excluding hydrogens is 244 g/mol. The van der Waals surface area contributed by atoms with E-state index in [4.69, 9.17) is 18.9 Å². The van der Waals surface area contributed by atoms with E-state index in [0.717, 1.165) is 26.1 Å². The van der Waals surface area contributed by atoms with Crippen molar-refractivity contribution in [3.8, 4) is 0 Å². The molecular formula is C15H26O4. The van der Waals surface area contributed by atoms with Crippen molar-refractivity contribution in [1.82, 2.24) is 0 Å². The lowest BCUT2D eigenvalue weighted by Crippen LogP contribution is -2.10. The molecule has 110 valence electrons. The van der Waals surface area contributed by atoms with E-state index >= 15 is 0 Å². The Morgan fingerprint density at radius 2 is 1.26 bits per heavy atom. The number of unbranched alkanes of at least 4 members (excludes halogenated alkanes) is 1. The van der Waals surface area contributed by atoms with E-state index in [9.17, 15) is 0 Å². The van der Waals surface area contributed by atoms with Gasteiger partial charge in [-0.2, -0.15) is 0 Å². The Kier molecular flexibility index (Phi) is 19.0. The minimum Gasteiger partial charge on any atom is -0.502 e. The van der Waals surface area contributed by atoms with Gasteiger partial charge in [-0.1, -0.05) is 26.3 Å². The van der Waals surface area contributed by atoms with Crippen LogP contribution >= 0.6 is 0 Å². The van der Waals surface area contributed by atoms with Crippen molar-refractivity contribution in [2.75, 3.05) is 19.8 Å². The molecule has 0 saturated heterocycles. The first-order valence-electron chi connectivity index (χ1n) is 6.16. The molecule has 0 aliphatic carbocycles. The van der Waals surface area contributed by atoms with Crippen LogP contribution in [0.1, 0.15) is 19.8 Å². The van der Waals surface area contributed by atoms with E-state index in [0.29, 0.717) is 6.61 Å². The zero-order valence-corrected chi connectivity index (χ0v) is 11.9. The van der Waals surface area contributed by atoms with E-state index in [1.54, 1.807) is 0 Å². The predicted octanol–water partition coefficient (Wildman–Crippen LogP) is 3.78. The highest BCUT2D eigenvalue weighted by atomic mass is 16.5. The van der Waals surface area contributed by atoms with Gasteiger partial charge in [-0.15, -0.1) is 0 Å². The van der Waals surface area contributed by atoms with Crippen LogP contribution in [0.3, 0.4) is 0 Å². The van der Waals surface area contributed by atoms with Gasteiger partial charge in [0.25, 0.3) is 0 Å². The fourth-order valence-electron chi connectivity index (χ4n) is 0.945. The first kappa shape index (κ1) is 19.5. The van der Waals surface area contributed by atoms with Gasteiger partial charge in [0.2, 0.25) is 0 Å². The maximum Gasteiger partial charge on any atom is 0.129 e. The third kappa shape index (κ3) is 21.9. The van der Waals surface area contributed by atoms with Gasteiger partial charge in [0.05, 0.1) is 38.3 Å². The molecule has 0 aliphatic heterocycles. The van der Waals surface area contributed by atoms with Gasteiger partial charge in [0.1, 0.15) is 12.7 Å². The molecule has 0 aromatic carbocycles. The molecule has 0 N–H and O–H groups in total. The standard InChI is InChI=1S/C8H14O2.C7H12O2/c1-3-9-7-5-6-8-10-4-2;1-4-8-6-7(3)9-5-2/h3-4H,1-2,5-8H2;4-5,7H,1-2,6H2,3H3. The van der Waals surface area contributed by atoms with Crippen molar-refractivity contribution in [3.05, 3.63) is 51.4 Å². The number of rotatable bonds is 12. The minimum atomic E-state index is 0.0560. The van der Waals surface area contributed by atoms with Crippen LogP contribution in [0.15, 0.2) is 51.4 Å². The van der Waals surface area contributed by atoms with E-state index in [-0.39, 0.29) is 6.10 Å². The zero-order chi connectivity index (χ0) is 14.8. The van der Waals surface area contributed by atoms with Crippen molar-refractivity contribution in [3.63, 3.8) is 0 Å². The molecule has 0 aromatic heterocycles. The van der Waals surface area contributed by atoms with Crippen LogP contribution in [0.5, 0.6) is 0 Å². The quantitative estimate of drug-likeness (QED) is 0.399. The highest BCUT2D eigenvalue weighted by Crippen LogP contribution is 1.91. The lowest BCUT2D eigenvalue weighted by atomic mass is 10.3. The van der Waals surface area contributed by atoms with Crippen LogP contribution in [-0.4, -0.2) is 25.9 Å². The summed E-state index contributed by atoms with van der Waals surface area (Å²) in [4.78, 5) is 0. The molecule has 0 bridgehead atoms. The molecule has 4 heteroatoms. The van der Waals surface area contributed by atoms with E-state index in [1.165, 1.54) is 25.0 Å². The molecule has 0 amide bonds. The highest BCUT2D eigenvalue weighted by molar-refractivity contribution is 4.58. The summed E-state index contributed by atoms with van der Waals surface area (Å²) >= 11 is 0. The van der Waals surface area contributed by atoms with Crippen LogP contribution < -0.4 is 0 Å². The predicted molar refractivity (Wildman–Crippen MR) is 78.4 cm³/mol. The first-order valence-corrected chi connectivity index (χ1v) is 6.16. The fourth-order valence-corrected chi connectivity index (χ4v) is 0.945. The smallest absolute Gasteiger partial charge is 0.129 e. The molecule has 1 atom stereocenters. The molecule has 0 heterocycles. The average Bonchev–Trinajstić information content (AvgIpc) is 2.41. The van der Waals surface area contributed by atoms with E-state index in [2.05, 4.69) is 26.3 Å². The fraction of sp³-hybridized carbons (Fsp3) is 0.467. The second kappa shape index (κ2) is 18.5. The normalized spacial score (nSPS) is 9.95. The van der Waals surface area contributed by atoms with E-state index in [1.807, 2.05) is 6.92 Å². The minimum absolute atomic E-state index is 0.0560. The Hall–Kier alpha value is -1.84. The summed E-state index contributed by atoms with van der Waals surface area (Å²) < 4.78 is 19.6. The molecule has 1 unspecified atom stereocenters. The molecule has 0 saturated carbocycles. The number of ether oxygens (including phenoxy) is 4. The second-order valence-corrected chi connectivity index (χ2v) is 3.40. The topological polar surface area (TPSA) is 36.9 Å². The van der Waals surface area contributed by atoms with Crippen molar-refractivity contribution in [2.24, 2.45) is 0 Å². The van der Waals surface area contributed by atoms with Gasteiger partial charge >= 0.3 is 0 Å². The largest absolute Gasteiger partial charge is 0.502 e. The number of hydrogen-bond donors (Lipinski definition) is 0. The van der Waals surface area contributed by atoms with Gasteiger partial charge in [0, 0.05) is 0 Å². The lowest BCUT2D eigenvalue weighted by Gasteiger charge is -2.08. The van der Waals surface area contributed by atoms with Crippen molar-refractivity contribution >= 4 is 0 Å². The highest BCUT2D eigenvalue weighted by Gasteiger charge is 1.96. The Bertz CT molecular complexity index is 214. The molecule has 0 aromatic rings. The van der Waals surface area contributed by atoms with Crippen molar-refractivity contribution < 1.29 is 18.9 Å². The Morgan fingerprint density at radius 1 is 0.789 bits per heavy atom. The Balaban J connectivity index is 0. The Labute approximate surface area is 117 Å². The van der Waals surface area contributed by atoms with Gasteiger partial charge < -0.3 is 18.9 Å². The third-order valence-corrected chi connectivity index (χ3v) is 1.79. The third-order valence-electron chi connectivity index (χ3n) is 1.79. The maximum atomic E-state index is 4.94.